The Balaban J connectivity index is 2.04. The number of ether oxygens (including phenoxy) is 1. The Morgan fingerprint density at radius 2 is 1.71 bits per heavy atom. The molecule has 3 aromatic rings. The van der Waals surface area contributed by atoms with Gasteiger partial charge in [0, 0.05) is 6.07 Å². The molecule has 0 amide bonds. The molecule has 0 aliphatic heterocycles. The lowest BCUT2D eigenvalue weighted by atomic mass is 10.1. The largest absolute Gasteiger partial charge is 0.486 e. The van der Waals surface area contributed by atoms with Gasteiger partial charge in [0.05, 0.1) is 29.5 Å². The predicted octanol–water partition coefficient (Wildman–Crippen LogP) is 4.76. The van der Waals surface area contributed by atoms with Gasteiger partial charge in [0.25, 0.3) is 5.69 Å². The van der Waals surface area contributed by atoms with Crippen molar-refractivity contribution in [2.45, 2.75) is 27.0 Å². The Hall–Kier alpha value is -3.39. The Morgan fingerprint density at radius 1 is 1.00 bits per heavy atom. The van der Waals surface area contributed by atoms with E-state index in [2.05, 4.69) is 0 Å². The quantitative estimate of drug-likeness (QED) is 0.372. The van der Waals surface area contributed by atoms with Crippen molar-refractivity contribution in [3.63, 3.8) is 0 Å². The summed E-state index contributed by atoms with van der Waals surface area (Å²) in [6, 6.07) is 19.1. The van der Waals surface area contributed by atoms with E-state index in [1.54, 1.807) is 0 Å². The molecule has 0 bridgehead atoms. The van der Waals surface area contributed by atoms with Crippen LogP contribution in [0.4, 0.5) is 11.4 Å². The smallest absolute Gasteiger partial charge is 0.273 e. The normalized spacial score (nSPS) is 11.2. The van der Waals surface area contributed by atoms with E-state index >= 15 is 0 Å². The van der Waals surface area contributed by atoms with Crippen LogP contribution in [0.25, 0.3) is 0 Å². The van der Waals surface area contributed by atoms with Crippen LogP contribution < -0.4 is 9.04 Å². The molecule has 8 heteroatoms. The van der Waals surface area contributed by atoms with E-state index < -0.39 is 14.9 Å². The van der Waals surface area contributed by atoms with Crippen LogP contribution in [-0.4, -0.2) is 19.6 Å². The predicted molar refractivity (Wildman–Crippen MR) is 121 cm³/mol. The molecule has 3 rings (SSSR count). The van der Waals surface area contributed by atoms with Crippen LogP contribution in [0.3, 0.4) is 0 Å². The second-order valence-corrected chi connectivity index (χ2v) is 9.29. The van der Waals surface area contributed by atoms with Gasteiger partial charge >= 0.3 is 0 Å². The molecule has 0 aliphatic carbocycles. The van der Waals surface area contributed by atoms with Gasteiger partial charge in [0.15, 0.2) is 5.75 Å². The number of sulfonamides is 1. The zero-order valence-electron chi connectivity index (χ0n) is 17.6. The van der Waals surface area contributed by atoms with Crippen molar-refractivity contribution in [1.82, 2.24) is 0 Å². The van der Waals surface area contributed by atoms with Crippen LogP contribution in [0, 0.1) is 24.0 Å². The number of nitro benzene ring substituents is 1. The second kappa shape index (κ2) is 9.18. The first kappa shape index (κ1) is 22.3. The lowest BCUT2D eigenvalue weighted by Crippen LogP contribution is -2.30. The number of nitrogens with zero attached hydrogens (tertiary/aromatic N) is 2. The van der Waals surface area contributed by atoms with Crippen molar-refractivity contribution in [2.24, 2.45) is 0 Å². The molecule has 0 aliphatic rings. The molecule has 0 N–H and O–H groups in total. The van der Waals surface area contributed by atoms with Gasteiger partial charge in [-0.05, 0) is 36.6 Å². The maximum absolute atomic E-state index is 12.7. The first-order chi connectivity index (χ1) is 14.6. The average molecular weight is 441 g/mol. The third-order valence-electron chi connectivity index (χ3n) is 4.88. The van der Waals surface area contributed by atoms with Crippen LogP contribution in [0.2, 0.25) is 0 Å². The van der Waals surface area contributed by atoms with Gasteiger partial charge in [-0.1, -0.05) is 54.1 Å². The van der Waals surface area contributed by atoms with Crippen LogP contribution in [0.15, 0.2) is 66.7 Å². The van der Waals surface area contributed by atoms with Crippen molar-refractivity contribution in [2.75, 3.05) is 10.6 Å². The minimum absolute atomic E-state index is 0.0891. The number of hydrogen-bond donors (Lipinski definition) is 0. The molecule has 0 atom stereocenters. The molecular formula is C23H24N2O5S. The maximum Gasteiger partial charge on any atom is 0.273 e. The molecule has 0 saturated carbocycles. The van der Waals surface area contributed by atoms with E-state index in [4.69, 9.17) is 4.74 Å². The first-order valence-electron chi connectivity index (χ1n) is 9.64. The molecule has 0 aromatic heterocycles. The molecule has 0 spiro atoms. The highest BCUT2D eigenvalue weighted by molar-refractivity contribution is 7.92. The zero-order chi connectivity index (χ0) is 22.6. The number of nitro groups is 1. The fourth-order valence-corrected chi connectivity index (χ4v) is 4.06. The number of non-ortho nitro benzene ring substituents is 1. The number of benzene rings is 3. The summed E-state index contributed by atoms with van der Waals surface area (Å²) in [5, 5.41) is 11.3. The van der Waals surface area contributed by atoms with Crippen LogP contribution >= 0.6 is 0 Å². The molecule has 7 nitrogen and oxygen atoms in total. The average Bonchev–Trinajstić information content (AvgIpc) is 2.72. The highest BCUT2D eigenvalue weighted by Crippen LogP contribution is 2.35. The van der Waals surface area contributed by atoms with E-state index in [1.165, 1.54) is 22.5 Å². The number of hydrogen-bond acceptors (Lipinski definition) is 5. The van der Waals surface area contributed by atoms with Gasteiger partial charge < -0.3 is 4.74 Å². The van der Waals surface area contributed by atoms with Crippen molar-refractivity contribution in [3.8, 4) is 5.75 Å². The molecular weight excluding hydrogens is 416 g/mol. The topological polar surface area (TPSA) is 89.8 Å². The van der Waals surface area contributed by atoms with Crippen LogP contribution in [0.1, 0.15) is 22.3 Å². The third-order valence-corrected chi connectivity index (χ3v) is 6.01. The zero-order valence-corrected chi connectivity index (χ0v) is 18.4. The van der Waals surface area contributed by atoms with E-state index in [1.807, 2.05) is 62.4 Å². The van der Waals surface area contributed by atoms with Crippen molar-refractivity contribution >= 4 is 21.4 Å². The highest BCUT2D eigenvalue weighted by Gasteiger charge is 2.24. The van der Waals surface area contributed by atoms with Crippen LogP contribution in [0.5, 0.6) is 5.75 Å². The SMILES string of the molecule is Cc1ccc(C)c(CN(c2ccc([N+](=O)[O-])cc2OCc2ccccc2)S(C)(=O)=O)c1. The molecule has 31 heavy (non-hydrogen) atoms. The lowest BCUT2D eigenvalue weighted by molar-refractivity contribution is -0.384. The van der Waals surface area contributed by atoms with Gasteiger partial charge in [-0.2, -0.15) is 0 Å². The van der Waals surface area contributed by atoms with E-state index in [9.17, 15) is 18.5 Å². The fraction of sp³-hybridized carbons (Fsp3) is 0.217. The van der Waals surface area contributed by atoms with Crippen molar-refractivity contribution in [3.05, 3.63) is 99.1 Å². The number of anilines is 1. The molecule has 0 unspecified atom stereocenters. The minimum atomic E-state index is -3.70. The summed E-state index contributed by atoms with van der Waals surface area (Å²) in [6.07, 6.45) is 1.11. The highest BCUT2D eigenvalue weighted by atomic mass is 32.2. The summed E-state index contributed by atoms with van der Waals surface area (Å²) in [5.74, 6) is 0.133. The van der Waals surface area contributed by atoms with Gasteiger partial charge in [0.1, 0.15) is 6.61 Å². The summed E-state index contributed by atoms with van der Waals surface area (Å²) >= 11 is 0. The Morgan fingerprint density at radius 3 is 2.35 bits per heavy atom. The lowest BCUT2D eigenvalue weighted by Gasteiger charge is -2.25. The fourth-order valence-electron chi connectivity index (χ4n) is 3.18. The standard InChI is InChI=1S/C23H24N2O5S/c1-17-9-10-18(2)20(13-17)15-24(31(3,28)29)22-12-11-21(25(26)27)14-23(22)30-16-19-7-5-4-6-8-19/h4-14H,15-16H2,1-3H3. The van der Waals surface area contributed by atoms with Crippen molar-refractivity contribution < 1.29 is 18.1 Å². The van der Waals surface area contributed by atoms with Gasteiger partial charge in [-0.3, -0.25) is 14.4 Å². The molecule has 0 heterocycles. The summed E-state index contributed by atoms with van der Waals surface area (Å²) in [4.78, 5) is 10.8. The minimum Gasteiger partial charge on any atom is -0.486 e. The van der Waals surface area contributed by atoms with Gasteiger partial charge in [0.2, 0.25) is 10.0 Å². The summed E-state index contributed by atoms with van der Waals surface area (Å²) in [5.41, 5.74) is 3.75. The Labute approximate surface area is 182 Å². The van der Waals surface area contributed by atoms with Gasteiger partial charge in [-0.15, -0.1) is 0 Å². The van der Waals surface area contributed by atoms with Gasteiger partial charge in [-0.25, -0.2) is 8.42 Å². The number of aryl methyl sites for hydroxylation is 2. The van der Waals surface area contributed by atoms with Crippen molar-refractivity contribution in [1.29, 1.82) is 0 Å². The molecule has 0 fully saturated rings. The molecule has 3 aromatic carbocycles. The monoisotopic (exact) mass is 440 g/mol. The molecule has 0 saturated heterocycles. The Bertz CT molecular complexity index is 1190. The summed E-state index contributed by atoms with van der Waals surface area (Å²) in [7, 11) is -3.70. The number of rotatable bonds is 8. The maximum atomic E-state index is 12.7. The van der Waals surface area contributed by atoms with Crippen LogP contribution in [-0.2, 0) is 23.2 Å². The van der Waals surface area contributed by atoms with E-state index in [-0.39, 0.29) is 30.3 Å². The summed E-state index contributed by atoms with van der Waals surface area (Å²) in [6.45, 7) is 4.09. The van der Waals surface area contributed by atoms with E-state index in [0.717, 1.165) is 28.5 Å². The Kier molecular flexibility index (Phi) is 6.60. The summed E-state index contributed by atoms with van der Waals surface area (Å²) < 4.78 is 32.5. The second-order valence-electron chi connectivity index (χ2n) is 7.38. The van der Waals surface area contributed by atoms with E-state index in [0.29, 0.717) is 0 Å². The molecule has 162 valence electrons. The first-order valence-corrected chi connectivity index (χ1v) is 11.5. The third kappa shape index (κ3) is 5.61. The molecule has 0 radical (unpaired) electrons.